The molecule has 1 aliphatic carbocycles. The summed E-state index contributed by atoms with van der Waals surface area (Å²) >= 11 is 3.27. The number of hydrogen-bond donors (Lipinski definition) is 0. The SMILES string of the molecule is O=C(c1ccncc1)N(Br)C1CC1. The molecule has 3 nitrogen and oxygen atoms in total. The highest BCUT2D eigenvalue weighted by atomic mass is 79.9. The van der Waals surface area contributed by atoms with Crippen LogP contribution in [0.15, 0.2) is 24.5 Å². The van der Waals surface area contributed by atoms with Gasteiger partial charge in [-0.05, 0) is 25.0 Å². The van der Waals surface area contributed by atoms with E-state index in [1.807, 2.05) is 0 Å². The molecule has 13 heavy (non-hydrogen) atoms. The molecule has 0 radical (unpaired) electrons. The fraction of sp³-hybridized carbons (Fsp3) is 0.333. The van der Waals surface area contributed by atoms with Gasteiger partial charge in [0.25, 0.3) is 5.91 Å². The largest absolute Gasteiger partial charge is 0.272 e. The molecule has 1 heterocycles. The van der Waals surface area contributed by atoms with Gasteiger partial charge in [0.15, 0.2) is 0 Å². The minimum absolute atomic E-state index is 0.0184. The molecule has 0 spiro atoms. The second-order valence-electron chi connectivity index (χ2n) is 3.08. The lowest BCUT2D eigenvalue weighted by atomic mass is 10.2. The second-order valence-corrected chi connectivity index (χ2v) is 3.85. The first-order valence-electron chi connectivity index (χ1n) is 4.18. The van der Waals surface area contributed by atoms with E-state index in [0.29, 0.717) is 11.6 Å². The Hall–Kier alpha value is -0.900. The fourth-order valence-corrected chi connectivity index (χ4v) is 1.70. The average molecular weight is 241 g/mol. The number of carbonyl (C=O) groups excluding carboxylic acids is 1. The normalized spacial score (nSPS) is 15.5. The second kappa shape index (κ2) is 3.46. The molecule has 0 unspecified atom stereocenters. The van der Waals surface area contributed by atoms with Crippen LogP contribution >= 0.6 is 16.1 Å². The average Bonchev–Trinajstić information content (AvgIpc) is 3.00. The number of hydrogen-bond acceptors (Lipinski definition) is 2. The van der Waals surface area contributed by atoms with Crippen molar-refractivity contribution in [2.24, 2.45) is 0 Å². The lowest BCUT2D eigenvalue weighted by Gasteiger charge is -2.12. The summed E-state index contributed by atoms with van der Waals surface area (Å²) in [5.74, 6) is 0.0184. The predicted octanol–water partition coefficient (Wildman–Crippen LogP) is 2.00. The Morgan fingerprint density at radius 1 is 1.46 bits per heavy atom. The van der Waals surface area contributed by atoms with Crippen molar-refractivity contribution in [2.75, 3.05) is 0 Å². The smallest absolute Gasteiger partial charge is 0.264 e. The molecule has 0 aromatic carbocycles. The highest BCUT2D eigenvalue weighted by molar-refractivity contribution is 9.07. The molecule has 1 aliphatic rings. The first-order chi connectivity index (χ1) is 6.29. The van der Waals surface area contributed by atoms with Gasteiger partial charge >= 0.3 is 0 Å². The van der Waals surface area contributed by atoms with E-state index in [1.54, 1.807) is 28.5 Å². The summed E-state index contributed by atoms with van der Waals surface area (Å²) in [6.45, 7) is 0. The van der Waals surface area contributed by atoms with Crippen molar-refractivity contribution in [1.29, 1.82) is 0 Å². The van der Waals surface area contributed by atoms with Crippen LogP contribution in [0.4, 0.5) is 0 Å². The summed E-state index contributed by atoms with van der Waals surface area (Å²) in [6, 6.07) is 3.83. The van der Waals surface area contributed by atoms with Gasteiger partial charge in [-0.2, -0.15) is 0 Å². The van der Waals surface area contributed by atoms with E-state index in [4.69, 9.17) is 0 Å². The Kier molecular flexibility index (Phi) is 2.31. The van der Waals surface area contributed by atoms with Crippen LogP contribution in [0.5, 0.6) is 0 Å². The molecule has 0 aliphatic heterocycles. The van der Waals surface area contributed by atoms with Crippen molar-refractivity contribution in [2.45, 2.75) is 18.9 Å². The summed E-state index contributed by atoms with van der Waals surface area (Å²) in [5.41, 5.74) is 0.679. The summed E-state index contributed by atoms with van der Waals surface area (Å²) < 4.78 is 1.63. The molecule has 68 valence electrons. The highest BCUT2D eigenvalue weighted by Crippen LogP contribution is 2.30. The zero-order chi connectivity index (χ0) is 9.26. The van der Waals surface area contributed by atoms with E-state index in [1.165, 1.54) is 0 Å². The third kappa shape index (κ3) is 1.88. The Labute approximate surface area is 85.1 Å². The quantitative estimate of drug-likeness (QED) is 0.742. The maximum atomic E-state index is 11.7. The summed E-state index contributed by atoms with van der Waals surface area (Å²) in [5, 5.41) is 0. The predicted molar refractivity (Wildman–Crippen MR) is 52.4 cm³/mol. The Morgan fingerprint density at radius 2 is 2.08 bits per heavy atom. The van der Waals surface area contributed by atoms with Crippen LogP contribution in [-0.2, 0) is 0 Å². The number of rotatable bonds is 2. The van der Waals surface area contributed by atoms with Crippen molar-refractivity contribution in [3.63, 3.8) is 0 Å². The van der Waals surface area contributed by atoms with Gasteiger partial charge in [-0.3, -0.25) is 13.7 Å². The van der Waals surface area contributed by atoms with Crippen molar-refractivity contribution in [1.82, 2.24) is 8.91 Å². The topological polar surface area (TPSA) is 33.2 Å². The minimum Gasteiger partial charge on any atom is -0.272 e. The van der Waals surface area contributed by atoms with Crippen LogP contribution < -0.4 is 0 Å². The molecule has 0 bridgehead atoms. The van der Waals surface area contributed by atoms with Gasteiger partial charge in [0.05, 0.1) is 16.1 Å². The van der Waals surface area contributed by atoms with Gasteiger partial charge in [0, 0.05) is 24.0 Å². The van der Waals surface area contributed by atoms with Gasteiger partial charge in [-0.1, -0.05) is 0 Å². The van der Waals surface area contributed by atoms with Gasteiger partial charge in [0.2, 0.25) is 0 Å². The molecule has 1 aromatic rings. The molecular formula is C9H9BrN2O. The first-order valence-corrected chi connectivity index (χ1v) is 4.89. The molecule has 1 aromatic heterocycles. The maximum Gasteiger partial charge on any atom is 0.264 e. The molecule has 1 fully saturated rings. The number of nitrogens with zero attached hydrogens (tertiary/aromatic N) is 2. The van der Waals surface area contributed by atoms with Crippen LogP contribution in [0.1, 0.15) is 23.2 Å². The van der Waals surface area contributed by atoms with E-state index in [9.17, 15) is 4.79 Å². The van der Waals surface area contributed by atoms with Crippen molar-refractivity contribution in [3.05, 3.63) is 30.1 Å². The molecule has 1 saturated carbocycles. The summed E-state index contributed by atoms with van der Waals surface area (Å²) in [4.78, 5) is 15.5. The minimum atomic E-state index is 0.0184. The first kappa shape index (κ1) is 8.69. The molecule has 0 N–H and O–H groups in total. The zero-order valence-electron chi connectivity index (χ0n) is 6.98. The Balaban J connectivity index is 2.12. The molecular weight excluding hydrogens is 232 g/mol. The Morgan fingerprint density at radius 3 is 2.62 bits per heavy atom. The van der Waals surface area contributed by atoms with E-state index in [2.05, 4.69) is 21.1 Å². The van der Waals surface area contributed by atoms with Crippen LogP contribution in [0, 0.1) is 0 Å². The van der Waals surface area contributed by atoms with E-state index in [-0.39, 0.29) is 5.91 Å². The standard InChI is InChI=1S/C9H9BrN2O/c10-12(8-1-2-8)9(13)7-3-5-11-6-4-7/h3-6,8H,1-2H2. The van der Waals surface area contributed by atoms with Crippen LogP contribution in [0.25, 0.3) is 0 Å². The molecule has 0 saturated heterocycles. The van der Waals surface area contributed by atoms with Crippen LogP contribution in [0.2, 0.25) is 0 Å². The van der Waals surface area contributed by atoms with Gasteiger partial charge < -0.3 is 0 Å². The molecule has 1 amide bonds. The fourth-order valence-electron chi connectivity index (χ4n) is 1.08. The third-order valence-electron chi connectivity index (χ3n) is 1.99. The van der Waals surface area contributed by atoms with Crippen molar-refractivity contribution in [3.8, 4) is 0 Å². The van der Waals surface area contributed by atoms with Gasteiger partial charge in [-0.15, -0.1) is 0 Å². The number of amides is 1. The van der Waals surface area contributed by atoms with E-state index >= 15 is 0 Å². The maximum absolute atomic E-state index is 11.7. The van der Waals surface area contributed by atoms with E-state index in [0.717, 1.165) is 12.8 Å². The number of carbonyl (C=O) groups is 1. The van der Waals surface area contributed by atoms with E-state index < -0.39 is 0 Å². The van der Waals surface area contributed by atoms with Crippen LogP contribution in [0.3, 0.4) is 0 Å². The number of halogens is 1. The van der Waals surface area contributed by atoms with Crippen molar-refractivity contribution >= 4 is 22.1 Å². The number of aromatic nitrogens is 1. The summed E-state index contributed by atoms with van der Waals surface area (Å²) in [7, 11) is 0. The molecule has 4 heteroatoms. The van der Waals surface area contributed by atoms with Crippen molar-refractivity contribution < 1.29 is 4.79 Å². The third-order valence-corrected chi connectivity index (χ3v) is 2.89. The molecule has 2 rings (SSSR count). The summed E-state index contributed by atoms with van der Waals surface area (Å²) in [6.07, 6.45) is 5.45. The zero-order valence-corrected chi connectivity index (χ0v) is 8.57. The lowest BCUT2D eigenvalue weighted by molar-refractivity contribution is 0.0873. The number of pyridine rings is 1. The highest BCUT2D eigenvalue weighted by Gasteiger charge is 2.31. The lowest BCUT2D eigenvalue weighted by Crippen LogP contribution is -2.22. The molecule has 0 atom stereocenters. The van der Waals surface area contributed by atoms with Gasteiger partial charge in [0.1, 0.15) is 0 Å². The van der Waals surface area contributed by atoms with Gasteiger partial charge in [-0.25, -0.2) is 0 Å². The monoisotopic (exact) mass is 240 g/mol. The Bertz CT molecular complexity index is 311. The van der Waals surface area contributed by atoms with Crippen LogP contribution in [-0.4, -0.2) is 20.9 Å².